The average Bonchev–Trinajstić information content (AvgIpc) is 3.33. The van der Waals surface area contributed by atoms with Crippen molar-refractivity contribution in [3.05, 3.63) is 76.5 Å². The van der Waals surface area contributed by atoms with Crippen LogP contribution in [0.1, 0.15) is 5.56 Å². The monoisotopic (exact) mass is 514 g/mol. The number of nitrogens with zero attached hydrogens (tertiary/aromatic N) is 2. The molecule has 0 atom stereocenters. The highest BCUT2D eigenvalue weighted by Crippen LogP contribution is 2.39. The molecule has 1 heterocycles. The van der Waals surface area contributed by atoms with E-state index in [-0.39, 0.29) is 24.3 Å². The van der Waals surface area contributed by atoms with E-state index in [2.05, 4.69) is 26.1 Å². The second-order valence-electron chi connectivity index (χ2n) is 6.88. The van der Waals surface area contributed by atoms with E-state index in [1.54, 1.807) is 25.3 Å². The highest BCUT2D eigenvalue weighted by Gasteiger charge is 2.18. The van der Waals surface area contributed by atoms with Gasteiger partial charge in [0.05, 0.1) is 12.7 Å². The van der Waals surface area contributed by atoms with Crippen LogP contribution < -0.4 is 14.2 Å². The Balaban J connectivity index is 1.59. The molecule has 0 saturated carbocycles. The van der Waals surface area contributed by atoms with Gasteiger partial charge in [0, 0.05) is 17.1 Å². The van der Waals surface area contributed by atoms with Gasteiger partial charge in [-0.25, -0.2) is 4.39 Å². The molecule has 0 spiro atoms. The number of aromatic nitrogens is 2. The summed E-state index contributed by atoms with van der Waals surface area (Å²) < 4.78 is 41.6. The van der Waals surface area contributed by atoms with Gasteiger partial charge in [-0.15, -0.1) is 0 Å². The van der Waals surface area contributed by atoms with E-state index in [4.69, 9.17) is 23.5 Å². The van der Waals surface area contributed by atoms with Crippen molar-refractivity contribution in [1.29, 1.82) is 0 Å². The minimum absolute atomic E-state index is 0.0310. The molecule has 4 rings (SSSR count). The van der Waals surface area contributed by atoms with E-state index in [9.17, 15) is 4.39 Å². The smallest absolute Gasteiger partial charge is 0.259 e. The Morgan fingerprint density at radius 3 is 2.52 bits per heavy atom. The van der Waals surface area contributed by atoms with E-state index in [1.165, 1.54) is 19.2 Å². The molecule has 0 fully saturated rings. The summed E-state index contributed by atoms with van der Waals surface area (Å²) in [5, 5.41) is 4.02. The van der Waals surface area contributed by atoms with Crippen LogP contribution in [0.25, 0.3) is 22.8 Å². The van der Waals surface area contributed by atoms with Crippen molar-refractivity contribution in [3.63, 3.8) is 0 Å². The minimum atomic E-state index is -0.516. The average molecular weight is 515 g/mol. The van der Waals surface area contributed by atoms with Gasteiger partial charge in [0.2, 0.25) is 5.82 Å². The number of hydrogen-bond donors (Lipinski definition) is 0. The highest BCUT2D eigenvalue weighted by atomic mass is 79.9. The molecule has 0 radical (unpaired) electrons. The zero-order chi connectivity index (χ0) is 23.2. The number of ether oxygens (including phenoxy) is 4. The molecule has 0 aliphatic carbocycles. The van der Waals surface area contributed by atoms with Gasteiger partial charge < -0.3 is 23.5 Å². The van der Waals surface area contributed by atoms with Gasteiger partial charge >= 0.3 is 0 Å². The lowest BCUT2D eigenvalue weighted by atomic mass is 10.2. The number of methoxy groups -OCH3 is 2. The fraction of sp³-hybridized carbons (Fsp3) is 0.167. The van der Waals surface area contributed by atoms with Crippen LogP contribution in [0.4, 0.5) is 4.39 Å². The van der Waals surface area contributed by atoms with E-state index in [0.717, 1.165) is 5.56 Å². The molecule has 9 heteroatoms. The first kappa shape index (κ1) is 22.8. The lowest BCUT2D eigenvalue weighted by Gasteiger charge is -2.13. The number of benzene rings is 3. The zero-order valence-corrected chi connectivity index (χ0v) is 19.5. The van der Waals surface area contributed by atoms with Crippen LogP contribution in [0.15, 0.2) is 69.7 Å². The lowest BCUT2D eigenvalue weighted by molar-refractivity contribution is 0.0483. The predicted molar refractivity (Wildman–Crippen MR) is 123 cm³/mol. The SMILES string of the molecule is COCOc1cc(-c2noc(-c3cc(OC)c(OCc4ccccc4)cc3Br)n2)ccc1F. The number of halogens is 2. The summed E-state index contributed by atoms with van der Waals surface area (Å²) >= 11 is 3.54. The Labute approximate surface area is 198 Å². The maximum absolute atomic E-state index is 13.9. The first-order chi connectivity index (χ1) is 16.1. The van der Waals surface area contributed by atoms with Crippen molar-refractivity contribution in [2.24, 2.45) is 0 Å². The molecule has 4 aromatic rings. The van der Waals surface area contributed by atoms with Gasteiger partial charge in [-0.1, -0.05) is 35.5 Å². The first-order valence-electron chi connectivity index (χ1n) is 9.89. The largest absolute Gasteiger partial charge is 0.493 e. The van der Waals surface area contributed by atoms with E-state index >= 15 is 0 Å². The summed E-state index contributed by atoms with van der Waals surface area (Å²) in [5.41, 5.74) is 2.19. The van der Waals surface area contributed by atoms with Gasteiger partial charge in [-0.05, 0) is 51.8 Å². The van der Waals surface area contributed by atoms with Crippen molar-refractivity contribution < 1.29 is 27.9 Å². The van der Waals surface area contributed by atoms with Crippen LogP contribution >= 0.6 is 15.9 Å². The molecular formula is C24H20BrFN2O5. The summed E-state index contributed by atoms with van der Waals surface area (Å²) in [5.74, 6) is 1.13. The summed E-state index contributed by atoms with van der Waals surface area (Å²) in [6.45, 7) is 0.315. The summed E-state index contributed by atoms with van der Waals surface area (Å²) in [6.07, 6.45) is 0. The van der Waals surface area contributed by atoms with Crippen LogP contribution in [0.2, 0.25) is 0 Å². The standard InChI is InChI=1S/C24H20BrFN2O5/c1-29-14-32-20-10-16(8-9-19(20)26)23-27-24(33-28-23)17-11-21(30-2)22(12-18(17)25)31-13-15-6-4-3-5-7-15/h3-12H,13-14H2,1-2H3. The molecule has 0 aliphatic rings. The lowest BCUT2D eigenvalue weighted by Crippen LogP contribution is -2.01. The molecule has 0 amide bonds. The zero-order valence-electron chi connectivity index (χ0n) is 17.9. The summed E-state index contributed by atoms with van der Waals surface area (Å²) in [4.78, 5) is 4.45. The summed E-state index contributed by atoms with van der Waals surface area (Å²) in [6, 6.07) is 17.7. The second kappa shape index (κ2) is 10.5. The molecule has 0 bridgehead atoms. The van der Waals surface area contributed by atoms with Crippen LogP contribution in [0.3, 0.4) is 0 Å². The minimum Gasteiger partial charge on any atom is -0.493 e. The summed E-state index contributed by atoms with van der Waals surface area (Å²) in [7, 11) is 3.01. The van der Waals surface area contributed by atoms with Crippen LogP contribution in [0, 0.1) is 5.82 Å². The van der Waals surface area contributed by atoms with E-state index in [1.807, 2.05) is 30.3 Å². The fourth-order valence-corrected chi connectivity index (χ4v) is 3.52. The topological polar surface area (TPSA) is 75.8 Å². The molecule has 3 aromatic carbocycles. The second-order valence-corrected chi connectivity index (χ2v) is 7.73. The Morgan fingerprint density at radius 2 is 1.76 bits per heavy atom. The molecule has 0 saturated heterocycles. The Kier molecular flexibility index (Phi) is 7.21. The fourth-order valence-electron chi connectivity index (χ4n) is 3.03. The Bertz CT molecular complexity index is 1230. The highest BCUT2D eigenvalue weighted by molar-refractivity contribution is 9.10. The van der Waals surface area contributed by atoms with Crippen molar-refractivity contribution >= 4 is 15.9 Å². The Hall–Kier alpha value is -3.43. The van der Waals surface area contributed by atoms with E-state index < -0.39 is 5.82 Å². The van der Waals surface area contributed by atoms with Crippen LogP contribution in [0.5, 0.6) is 17.2 Å². The molecule has 7 nitrogen and oxygen atoms in total. The van der Waals surface area contributed by atoms with Crippen molar-refractivity contribution in [3.8, 4) is 40.1 Å². The quantitative estimate of drug-likeness (QED) is 0.258. The third-order valence-corrected chi connectivity index (χ3v) is 5.32. The molecule has 170 valence electrons. The Morgan fingerprint density at radius 1 is 0.939 bits per heavy atom. The van der Waals surface area contributed by atoms with Crippen molar-refractivity contribution in [2.45, 2.75) is 6.61 Å². The van der Waals surface area contributed by atoms with Gasteiger partial charge in [-0.3, -0.25) is 0 Å². The molecule has 1 aromatic heterocycles. The predicted octanol–water partition coefficient (Wildman–Crippen LogP) is 5.88. The van der Waals surface area contributed by atoms with Gasteiger partial charge in [0.1, 0.15) is 6.61 Å². The molecular weight excluding hydrogens is 495 g/mol. The van der Waals surface area contributed by atoms with Gasteiger partial charge in [-0.2, -0.15) is 4.98 Å². The van der Waals surface area contributed by atoms with Gasteiger partial charge in [0.25, 0.3) is 5.89 Å². The number of hydrogen-bond acceptors (Lipinski definition) is 7. The number of rotatable bonds is 9. The first-order valence-corrected chi connectivity index (χ1v) is 10.7. The van der Waals surface area contributed by atoms with Crippen LogP contribution in [-0.2, 0) is 11.3 Å². The normalized spacial score (nSPS) is 10.8. The molecule has 0 aliphatic heterocycles. The molecule has 33 heavy (non-hydrogen) atoms. The maximum Gasteiger partial charge on any atom is 0.259 e. The third-order valence-electron chi connectivity index (χ3n) is 4.67. The van der Waals surface area contributed by atoms with Crippen molar-refractivity contribution in [2.75, 3.05) is 21.0 Å². The van der Waals surface area contributed by atoms with Crippen molar-refractivity contribution in [1.82, 2.24) is 10.1 Å². The van der Waals surface area contributed by atoms with E-state index in [0.29, 0.717) is 33.7 Å². The van der Waals surface area contributed by atoms with Crippen LogP contribution in [-0.4, -0.2) is 31.2 Å². The maximum atomic E-state index is 13.9. The molecule has 0 N–H and O–H groups in total. The molecule has 0 unspecified atom stereocenters. The van der Waals surface area contributed by atoms with Gasteiger partial charge in [0.15, 0.2) is 29.9 Å². The third kappa shape index (κ3) is 5.32.